The minimum atomic E-state index is -4.00. The van der Waals surface area contributed by atoms with Gasteiger partial charge in [0.05, 0.1) is 13.2 Å². The van der Waals surface area contributed by atoms with E-state index in [0.717, 1.165) is 16.9 Å². The lowest BCUT2D eigenvalue weighted by atomic mass is 9.90. The molecule has 2 heterocycles. The molecule has 4 rings (SSSR count). The van der Waals surface area contributed by atoms with Crippen LogP contribution in [0.1, 0.15) is 47.8 Å². The Morgan fingerprint density at radius 3 is 2.61 bits per heavy atom. The molecule has 2 aromatic carbocycles. The molecule has 1 aliphatic rings. The van der Waals surface area contributed by atoms with Gasteiger partial charge >= 0.3 is 0 Å². The molecule has 0 unspecified atom stereocenters. The van der Waals surface area contributed by atoms with Crippen LogP contribution in [0.5, 0.6) is 11.5 Å². The summed E-state index contributed by atoms with van der Waals surface area (Å²) < 4.78 is 39.9. The van der Waals surface area contributed by atoms with Gasteiger partial charge in [-0.25, -0.2) is 13.1 Å². The van der Waals surface area contributed by atoms with Crippen LogP contribution in [0.15, 0.2) is 46.8 Å². The van der Waals surface area contributed by atoms with Crippen molar-refractivity contribution in [3.63, 3.8) is 0 Å². The van der Waals surface area contributed by atoms with Crippen LogP contribution in [-0.2, 0) is 10.0 Å². The summed E-state index contributed by atoms with van der Waals surface area (Å²) in [5.74, 6) is 0.782. The molecular weight excluding hydrogens is 464 g/mol. The molecule has 2 N–H and O–H groups in total. The average Bonchev–Trinajstić information content (AvgIpc) is 3.22. The lowest BCUT2D eigenvalue weighted by Crippen LogP contribution is -2.41. The maximum absolute atomic E-state index is 13.1. The predicted molar refractivity (Wildman–Crippen MR) is 124 cm³/mol. The number of sulfonamides is 1. The van der Waals surface area contributed by atoms with Gasteiger partial charge in [0.25, 0.3) is 15.9 Å². The third-order valence-corrected chi connectivity index (χ3v) is 7.82. The first-order valence-electron chi connectivity index (χ1n) is 10.2. The van der Waals surface area contributed by atoms with E-state index in [4.69, 9.17) is 9.47 Å². The number of methoxy groups -OCH3 is 1. The van der Waals surface area contributed by atoms with Crippen LogP contribution >= 0.6 is 11.3 Å². The first kappa shape index (κ1) is 23.1. The second kappa shape index (κ2) is 8.73. The third-order valence-electron chi connectivity index (χ3n) is 5.15. The van der Waals surface area contributed by atoms with Gasteiger partial charge in [-0.05, 0) is 39.0 Å². The molecule has 33 heavy (non-hydrogen) atoms. The molecule has 3 aromatic rings. The molecule has 1 aliphatic heterocycles. The summed E-state index contributed by atoms with van der Waals surface area (Å²) in [6.07, 6.45) is 0.418. The minimum Gasteiger partial charge on any atom is -0.497 e. The van der Waals surface area contributed by atoms with E-state index in [9.17, 15) is 13.2 Å². The molecule has 0 radical (unpaired) electrons. The third kappa shape index (κ3) is 5.15. The molecule has 0 spiro atoms. The standard InChI is InChI=1S/C22H24N4O5S2/c1-13-5-7-14(8-6-13)19(27)23-20-24-25-21(32-20)33(28,29)26-17-12-22(2,3)31-18-11-15(30-4)9-10-16(17)18/h5-11,17,26H,12H2,1-4H3,(H,23,24,27)/t17-/m1/s1. The number of ether oxygens (including phenoxy) is 2. The van der Waals surface area contributed by atoms with E-state index in [0.29, 0.717) is 29.0 Å². The molecule has 0 bridgehead atoms. The summed E-state index contributed by atoms with van der Waals surface area (Å²) in [7, 11) is -2.44. The number of carbonyl (C=O) groups is 1. The zero-order chi connectivity index (χ0) is 23.8. The number of nitrogens with zero attached hydrogens (tertiary/aromatic N) is 2. The number of carbonyl (C=O) groups excluding carboxylic acids is 1. The van der Waals surface area contributed by atoms with E-state index in [1.54, 1.807) is 37.4 Å². The van der Waals surface area contributed by atoms with Crippen LogP contribution in [0.3, 0.4) is 0 Å². The van der Waals surface area contributed by atoms with Crippen molar-refractivity contribution in [2.24, 2.45) is 0 Å². The maximum Gasteiger partial charge on any atom is 0.270 e. The van der Waals surface area contributed by atoms with Gasteiger partial charge in [0.15, 0.2) is 0 Å². The van der Waals surface area contributed by atoms with E-state index < -0.39 is 27.6 Å². The van der Waals surface area contributed by atoms with Gasteiger partial charge in [-0.3, -0.25) is 10.1 Å². The Kier molecular flexibility index (Phi) is 6.12. The highest BCUT2D eigenvalue weighted by Gasteiger charge is 2.37. The van der Waals surface area contributed by atoms with Crippen LogP contribution in [-0.4, -0.2) is 37.2 Å². The molecule has 0 aliphatic carbocycles. The SMILES string of the molecule is COc1ccc2c(c1)OC(C)(C)C[C@H]2NS(=O)(=O)c1nnc(NC(=O)c2ccc(C)cc2)s1. The number of rotatable bonds is 6. The number of aromatic nitrogens is 2. The Morgan fingerprint density at radius 2 is 1.91 bits per heavy atom. The number of nitrogens with one attached hydrogen (secondary N) is 2. The topological polar surface area (TPSA) is 120 Å². The van der Waals surface area contributed by atoms with Crippen molar-refractivity contribution in [1.29, 1.82) is 0 Å². The largest absolute Gasteiger partial charge is 0.497 e. The minimum absolute atomic E-state index is 0.0957. The van der Waals surface area contributed by atoms with E-state index >= 15 is 0 Å². The lowest BCUT2D eigenvalue weighted by molar-refractivity contribution is 0.0698. The summed E-state index contributed by atoms with van der Waals surface area (Å²) >= 11 is 0.786. The molecule has 0 saturated carbocycles. The maximum atomic E-state index is 13.1. The van der Waals surface area contributed by atoms with Crippen LogP contribution < -0.4 is 19.5 Å². The molecule has 0 fully saturated rings. The number of aryl methyl sites for hydroxylation is 1. The quantitative estimate of drug-likeness (QED) is 0.508. The van der Waals surface area contributed by atoms with Crippen molar-refractivity contribution in [3.05, 3.63) is 59.2 Å². The van der Waals surface area contributed by atoms with Gasteiger partial charge in [0.1, 0.15) is 17.1 Å². The first-order chi connectivity index (χ1) is 15.6. The zero-order valence-electron chi connectivity index (χ0n) is 18.6. The molecule has 1 atom stereocenters. The van der Waals surface area contributed by atoms with Gasteiger partial charge in [-0.15, -0.1) is 10.2 Å². The van der Waals surface area contributed by atoms with E-state index in [1.807, 2.05) is 32.9 Å². The Labute approximate surface area is 196 Å². The van der Waals surface area contributed by atoms with Gasteiger partial charge in [-0.2, -0.15) is 0 Å². The number of anilines is 1. The van der Waals surface area contributed by atoms with Crippen LogP contribution in [0, 0.1) is 6.92 Å². The van der Waals surface area contributed by atoms with Crippen LogP contribution in [0.4, 0.5) is 5.13 Å². The van der Waals surface area contributed by atoms with Crippen molar-refractivity contribution in [2.45, 2.75) is 43.2 Å². The second-order valence-electron chi connectivity index (χ2n) is 8.34. The van der Waals surface area contributed by atoms with Crippen molar-refractivity contribution >= 4 is 32.4 Å². The summed E-state index contributed by atoms with van der Waals surface area (Å²) in [5, 5.41) is 10.3. The van der Waals surface area contributed by atoms with Crippen LogP contribution in [0.2, 0.25) is 0 Å². The monoisotopic (exact) mass is 488 g/mol. The van der Waals surface area contributed by atoms with E-state index in [1.165, 1.54) is 0 Å². The van der Waals surface area contributed by atoms with Gasteiger partial charge in [0.2, 0.25) is 9.47 Å². The molecule has 11 heteroatoms. The molecule has 1 amide bonds. The first-order valence-corrected chi connectivity index (χ1v) is 12.5. The molecule has 174 valence electrons. The summed E-state index contributed by atoms with van der Waals surface area (Å²) in [5.41, 5.74) is 1.57. The summed E-state index contributed by atoms with van der Waals surface area (Å²) in [6, 6.07) is 11.7. The van der Waals surface area contributed by atoms with Crippen LogP contribution in [0.25, 0.3) is 0 Å². The number of hydrogen-bond acceptors (Lipinski definition) is 8. The number of amides is 1. The average molecular weight is 489 g/mol. The van der Waals surface area contributed by atoms with Gasteiger partial charge in [0, 0.05) is 23.6 Å². The highest BCUT2D eigenvalue weighted by atomic mass is 32.2. The lowest BCUT2D eigenvalue weighted by Gasteiger charge is -2.37. The van der Waals surface area contributed by atoms with Gasteiger partial charge in [-0.1, -0.05) is 35.1 Å². The number of benzene rings is 2. The fourth-order valence-electron chi connectivity index (χ4n) is 3.54. The Balaban J connectivity index is 1.53. The fraction of sp³-hybridized carbons (Fsp3) is 0.318. The molecule has 0 saturated heterocycles. The van der Waals surface area contributed by atoms with Crippen molar-refractivity contribution in [1.82, 2.24) is 14.9 Å². The predicted octanol–water partition coefficient (Wildman–Crippen LogP) is 3.69. The number of fused-ring (bicyclic) bond motifs is 1. The normalized spacial score (nSPS) is 17.0. The fourth-order valence-corrected chi connectivity index (χ4v) is 5.67. The smallest absolute Gasteiger partial charge is 0.270 e. The Bertz CT molecular complexity index is 1290. The molecule has 9 nitrogen and oxygen atoms in total. The van der Waals surface area contributed by atoms with Crippen molar-refractivity contribution in [3.8, 4) is 11.5 Å². The van der Waals surface area contributed by atoms with Gasteiger partial charge < -0.3 is 9.47 Å². The van der Waals surface area contributed by atoms with Crippen molar-refractivity contribution < 1.29 is 22.7 Å². The van der Waals surface area contributed by atoms with E-state index in [2.05, 4.69) is 20.2 Å². The van der Waals surface area contributed by atoms with E-state index in [-0.39, 0.29) is 9.47 Å². The number of hydrogen-bond donors (Lipinski definition) is 2. The molecule has 1 aromatic heterocycles. The highest BCUT2D eigenvalue weighted by molar-refractivity contribution is 7.91. The highest BCUT2D eigenvalue weighted by Crippen LogP contribution is 2.42. The zero-order valence-corrected chi connectivity index (χ0v) is 20.2. The Hall–Kier alpha value is -3.02. The Morgan fingerprint density at radius 1 is 1.18 bits per heavy atom. The second-order valence-corrected chi connectivity index (χ2v) is 11.2. The summed E-state index contributed by atoms with van der Waals surface area (Å²) in [6.45, 7) is 5.70. The van der Waals surface area contributed by atoms with Crippen molar-refractivity contribution in [2.75, 3.05) is 12.4 Å². The summed E-state index contributed by atoms with van der Waals surface area (Å²) in [4.78, 5) is 12.4. The molecular formula is C22H24N4O5S2.